The van der Waals surface area contributed by atoms with Gasteiger partial charge in [-0.25, -0.2) is 9.78 Å². The Morgan fingerprint density at radius 2 is 2.11 bits per heavy atom. The Morgan fingerprint density at radius 3 is 2.79 bits per heavy atom. The van der Waals surface area contributed by atoms with Gasteiger partial charge in [-0.1, -0.05) is 17.7 Å². The lowest BCUT2D eigenvalue weighted by atomic mass is 10.2. The number of nitrogens with zero attached hydrogens (tertiary/aromatic N) is 1. The van der Waals surface area contributed by atoms with Gasteiger partial charge in [-0.05, 0) is 50.1 Å². The lowest BCUT2D eigenvalue weighted by molar-refractivity contribution is 0.0697. The number of anilines is 2. The molecule has 2 rings (SSSR count). The summed E-state index contributed by atoms with van der Waals surface area (Å²) < 4.78 is 1.25. The van der Waals surface area contributed by atoms with Crippen molar-refractivity contribution >= 4 is 60.9 Å². The molecule has 1 aromatic heterocycles. The van der Waals surface area contributed by atoms with Gasteiger partial charge in [-0.3, -0.25) is 0 Å². The van der Waals surface area contributed by atoms with Crippen LogP contribution in [0.2, 0.25) is 5.02 Å². The maximum absolute atomic E-state index is 11.2. The summed E-state index contributed by atoms with van der Waals surface area (Å²) >= 11 is 12.5. The van der Waals surface area contributed by atoms with Gasteiger partial charge in [0.15, 0.2) is 0 Å². The molecule has 2 N–H and O–H groups in total. The molecular formula is C12H7Br2ClN2O2. The van der Waals surface area contributed by atoms with Crippen molar-refractivity contribution in [3.05, 3.63) is 50.0 Å². The van der Waals surface area contributed by atoms with Crippen molar-refractivity contribution < 1.29 is 9.90 Å². The highest BCUT2D eigenvalue weighted by Gasteiger charge is 2.14. The van der Waals surface area contributed by atoms with Crippen molar-refractivity contribution in [3.8, 4) is 0 Å². The van der Waals surface area contributed by atoms with Crippen LogP contribution < -0.4 is 5.32 Å². The van der Waals surface area contributed by atoms with Gasteiger partial charge in [0.25, 0.3) is 0 Å². The fourth-order valence-electron chi connectivity index (χ4n) is 1.43. The minimum absolute atomic E-state index is 0.0706. The number of halogens is 3. The van der Waals surface area contributed by atoms with E-state index in [4.69, 9.17) is 16.7 Å². The predicted octanol–water partition coefficient (Wildman–Crippen LogP) is 4.70. The summed E-state index contributed by atoms with van der Waals surface area (Å²) in [5.74, 6) is -0.812. The highest BCUT2D eigenvalue weighted by atomic mass is 79.9. The topological polar surface area (TPSA) is 62.2 Å². The van der Waals surface area contributed by atoms with Gasteiger partial charge < -0.3 is 10.4 Å². The number of aromatic carboxylic acids is 1. The lowest BCUT2D eigenvalue weighted by Gasteiger charge is -2.11. The summed E-state index contributed by atoms with van der Waals surface area (Å²) in [6, 6.07) is 6.74. The third-order valence-electron chi connectivity index (χ3n) is 2.29. The zero-order valence-corrected chi connectivity index (χ0v) is 13.3. The smallest absolute Gasteiger partial charge is 0.339 e. The Morgan fingerprint density at radius 1 is 1.37 bits per heavy atom. The molecule has 2 aromatic rings. The van der Waals surface area contributed by atoms with Gasteiger partial charge in [0.2, 0.25) is 0 Å². The maximum Gasteiger partial charge on any atom is 0.339 e. The van der Waals surface area contributed by atoms with Crippen molar-refractivity contribution in [1.82, 2.24) is 4.98 Å². The summed E-state index contributed by atoms with van der Waals surface area (Å²) in [5, 5.41) is 12.6. The van der Waals surface area contributed by atoms with Crippen LogP contribution in [0, 0.1) is 0 Å². The molecule has 0 aliphatic carbocycles. The van der Waals surface area contributed by atoms with E-state index in [2.05, 4.69) is 42.2 Å². The highest BCUT2D eigenvalue weighted by molar-refractivity contribution is 9.11. The van der Waals surface area contributed by atoms with Crippen LogP contribution in [-0.4, -0.2) is 16.1 Å². The molecule has 0 spiro atoms. The first-order chi connectivity index (χ1) is 8.99. The molecule has 0 radical (unpaired) electrons. The molecule has 0 bridgehead atoms. The van der Waals surface area contributed by atoms with Crippen molar-refractivity contribution in [3.63, 3.8) is 0 Å². The van der Waals surface area contributed by atoms with Gasteiger partial charge >= 0.3 is 5.97 Å². The molecule has 19 heavy (non-hydrogen) atoms. The molecule has 0 atom stereocenters. The standard InChI is InChI=1S/C12H7Br2ClN2O2/c13-6-4-7(12(18)19)11(16-5-6)17-9-3-1-2-8(15)10(9)14/h1-5H,(H,16,17)(H,18,19). The molecule has 7 heteroatoms. The molecule has 1 aromatic carbocycles. The Balaban J connectivity index is 2.44. The molecule has 0 amide bonds. The zero-order valence-electron chi connectivity index (χ0n) is 9.32. The van der Waals surface area contributed by atoms with Crippen molar-refractivity contribution in [2.45, 2.75) is 0 Å². The average Bonchev–Trinajstić information content (AvgIpc) is 2.36. The second kappa shape index (κ2) is 5.90. The van der Waals surface area contributed by atoms with Crippen molar-refractivity contribution in [2.75, 3.05) is 5.32 Å². The van der Waals surface area contributed by atoms with E-state index in [-0.39, 0.29) is 11.4 Å². The Labute approximate surface area is 131 Å². The normalized spacial score (nSPS) is 10.3. The Bertz CT molecular complexity index is 650. The van der Waals surface area contributed by atoms with E-state index in [0.29, 0.717) is 19.7 Å². The number of carboxylic acid groups (broad SMARTS) is 1. The number of rotatable bonds is 3. The zero-order chi connectivity index (χ0) is 14.0. The number of benzene rings is 1. The molecule has 0 aliphatic heterocycles. The lowest BCUT2D eigenvalue weighted by Crippen LogP contribution is -2.05. The summed E-state index contributed by atoms with van der Waals surface area (Å²) in [5.41, 5.74) is 0.714. The van der Waals surface area contributed by atoms with E-state index in [0.717, 1.165) is 0 Å². The molecule has 0 aliphatic rings. The SMILES string of the molecule is O=C(O)c1cc(Br)cnc1Nc1cccc(Cl)c1Br. The van der Waals surface area contributed by atoms with Crippen LogP contribution >= 0.6 is 43.5 Å². The van der Waals surface area contributed by atoms with Gasteiger partial charge in [0.1, 0.15) is 11.4 Å². The van der Waals surface area contributed by atoms with E-state index >= 15 is 0 Å². The van der Waals surface area contributed by atoms with Crippen molar-refractivity contribution in [2.24, 2.45) is 0 Å². The summed E-state index contributed by atoms with van der Waals surface area (Å²) in [4.78, 5) is 15.2. The first kappa shape index (κ1) is 14.3. The van der Waals surface area contributed by atoms with Gasteiger partial charge in [0, 0.05) is 10.7 Å². The van der Waals surface area contributed by atoms with Crippen LogP contribution in [0.15, 0.2) is 39.4 Å². The monoisotopic (exact) mass is 404 g/mol. The van der Waals surface area contributed by atoms with Gasteiger partial charge in [-0.15, -0.1) is 0 Å². The van der Waals surface area contributed by atoms with Crippen LogP contribution in [-0.2, 0) is 0 Å². The third-order valence-corrected chi connectivity index (χ3v) is 4.12. The number of nitrogens with one attached hydrogen (secondary N) is 1. The quantitative estimate of drug-likeness (QED) is 0.776. The van der Waals surface area contributed by atoms with E-state index in [1.807, 2.05) is 0 Å². The number of hydrogen-bond donors (Lipinski definition) is 2. The molecule has 4 nitrogen and oxygen atoms in total. The van der Waals surface area contributed by atoms with Crippen LogP contribution in [0.5, 0.6) is 0 Å². The van der Waals surface area contributed by atoms with E-state index in [1.165, 1.54) is 12.3 Å². The highest BCUT2D eigenvalue weighted by Crippen LogP contribution is 2.32. The van der Waals surface area contributed by atoms with E-state index in [9.17, 15) is 4.79 Å². The first-order valence-electron chi connectivity index (χ1n) is 5.09. The second-order valence-electron chi connectivity index (χ2n) is 3.58. The van der Waals surface area contributed by atoms with E-state index < -0.39 is 5.97 Å². The van der Waals surface area contributed by atoms with Crippen LogP contribution in [0.4, 0.5) is 11.5 Å². The first-order valence-corrected chi connectivity index (χ1v) is 7.05. The van der Waals surface area contributed by atoms with Gasteiger partial charge in [-0.2, -0.15) is 0 Å². The van der Waals surface area contributed by atoms with Gasteiger partial charge in [0.05, 0.1) is 15.2 Å². The Kier molecular flexibility index (Phi) is 4.44. The Hall–Kier alpha value is -1.11. The molecular weight excluding hydrogens is 399 g/mol. The molecule has 0 saturated heterocycles. The number of carboxylic acids is 1. The fraction of sp³-hybridized carbons (Fsp3) is 0. The van der Waals surface area contributed by atoms with E-state index in [1.54, 1.807) is 18.2 Å². The van der Waals surface area contributed by atoms with Crippen LogP contribution in [0.3, 0.4) is 0 Å². The number of carbonyl (C=O) groups is 1. The average molecular weight is 406 g/mol. The fourth-order valence-corrected chi connectivity index (χ4v) is 2.30. The van der Waals surface area contributed by atoms with Crippen molar-refractivity contribution in [1.29, 1.82) is 0 Å². The maximum atomic E-state index is 11.2. The largest absolute Gasteiger partial charge is 0.478 e. The summed E-state index contributed by atoms with van der Waals surface area (Å²) in [6.07, 6.45) is 1.52. The molecule has 0 unspecified atom stereocenters. The molecule has 0 saturated carbocycles. The minimum atomic E-state index is -1.06. The second-order valence-corrected chi connectivity index (χ2v) is 5.70. The third kappa shape index (κ3) is 3.26. The van der Waals surface area contributed by atoms with Crippen LogP contribution in [0.1, 0.15) is 10.4 Å². The minimum Gasteiger partial charge on any atom is -0.478 e. The molecule has 1 heterocycles. The summed E-state index contributed by atoms with van der Waals surface area (Å²) in [7, 11) is 0. The summed E-state index contributed by atoms with van der Waals surface area (Å²) in [6.45, 7) is 0. The number of pyridine rings is 1. The molecule has 0 fully saturated rings. The molecule has 98 valence electrons. The predicted molar refractivity (Wildman–Crippen MR) is 81.3 cm³/mol. The number of hydrogen-bond acceptors (Lipinski definition) is 3. The van der Waals surface area contributed by atoms with Crippen LogP contribution in [0.25, 0.3) is 0 Å². The number of aromatic nitrogens is 1.